The summed E-state index contributed by atoms with van der Waals surface area (Å²) in [6.07, 6.45) is 1.38. The Labute approximate surface area is 137 Å². The Morgan fingerprint density at radius 1 is 1.18 bits per heavy atom. The van der Waals surface area contributed by atoms with Crippen LogP contribution in [0.5, 0.6) is 5.75 Å². The standard InChI is InChI=1S/C16H10Cl2N2O2/c17-14-5-4-12(8-15(14)18)20-16(22)11(9-19)6-10-2-1-3-13(21)7-10/h1-8,21H,(H,20,22)/b11-6-. The zero-order chi connectivity index (χ0) is 16.1. The van der Waals surface area contributed by atoms with Gasteiger partial charge in [0.1, 0.15) is 17.4 Å². The van der Waals surface area contributed by atoms with Crippen molar-refractivity contribution in [1.29, 1.82) is 5.26 Å². The fraction of sp³-hybridized carbons (Fsp3) is 0. The number of nitrogens with one attached hydrogen (secondary N) is 1. The number of rotatable bonds is 3. The van der Waals surface area contributed by atoms with Gasteiger partial charge in [-0.2, -0.15) is 5.26 Å². The van der Waals surface area contributed by atoms with Gasteiger partial charge in [0.05, 0.1) is 10.0 Å². The number of hydrogen-bond acceptors (Lipinski definition) is 3. The van der Waals surface area contributed by atoms with Crippen LogP contribution in [0.2, 0.25) is 10.0 Å². The van der Waals surface area contributed by atoms with Crippen molar-refractivity contribution in [3.8, 4) is 11.8 Å². The molecule has 0 aliphatic rings. The summed E-state index contributed by atoms with van der Waals surface area (Å²) >= 11 is 11.7. The summed E-state index contributed by atoms with van der Waals surface area (Å²) in [6, 6.07) is 12.7. The van der Waals surface area contributed by atoms with Gasteiger partial charge in [0, 0.05) is 5.69 Å². The van der Waals surface area contributed by atoms with E-state index in [0.717, 1.165) is 0 Å². The summed E-state index contributed by atoms with van der Waals surface area (Å²) in [4.78, 5) is 12.1. The molecule has 0 bridgehead atoms. The number of benzene rings is 2. The number of phenols is 1. The maximum Gasteiger partial charge on any atom is 0.266 e. The maximum atomic E-state index is 12.1. The molecular formula is C16H10Cl2N2O2. The second kappa shape index (κ2) is 6.99. The van der Waals surface area contributed by atoms with Gasteiger partial charge in [0.2, 0.25) is 0 Å². The minimum absolute atomic E-state index is 0.0518. The number of phenolic OH excluding ortho intramolecular Hbond substituents is 1. The van der Waals surface area contributed by atoms with Crippen molar-refractivity contribution in [3.63, 3.8) is 0 Å². The molecule has 0 spiro atoms. The second-order valence-corrected chi connectivity index (χ2v) is 5.16. The molecule has 2 N–H and O–H groups in total. The quantitative estimate of drug-likeness (QED) is 0.652. The molecule has 4 nitrogen and oxygen atoms in total. The van der Waals surface area contributed by atoms with E-state index in [1.165, 1.54) is 24.3 Å². The number of aromatic hydroxyl groups is 1. The van der Waals surface area contributed by atoms with Crippen molar-refractivity contribution >= 4 is 40.9 Å². The van der Waals surface area contributed by atoms with Crippen molar-refractivity contribution in [2.45, 2.75) is 0 Å². The molecule has 0 heterocycles. The van der Waals surface area contributed by atoms with Crippen molar-refractivity contribution in [2.75, 3.05) is 5.32 Å². The highest BCUT2D eigenvalue weighted by Gasteiger charge is 2.10. The summed E-state index contributed by atoms with van der Waals surface area (Å²) in [5.74, 6) is -0.528. The van der Waals surface area contributed by atoms with Gasteiger partial charge in [-0.25, -0.2) is 0 Å². The highest BCUT2D eigenvalue weighted by Crippen LogP contribution is 2.25. The summed E-state index contributed by atoms with van der Waals surface area (Å²) in [5.41, 5.74) is 0.869. The number of nitriles is 1. The zero-order valence-electron chi connectivity index (χ0n) is 11.2. The largest absolute Gasteiger partial charge is 0.508 e. The molecular weight excluding hydrogens is 323 g/mol. The second-order valence-electron chi connectivity index (χ2n) is 4.35. The first-order valence-corrected chi connectivity index (χ1v) is 6.92. The van der Waals surface area contributed by atoms with Crippen LogP contribution < -0.4 is 5.32 Å². The molecule has 1 amide bonds. The third-order valence-electron chi connectivity index (χ3n) is 2.72. The number of halogens is 2. The van der Waals surface area contributed by atoms with Gasteiger partial charge in [0.15, 0.2) is 0 Å². The molecule has 22 heavy (non-hydrogen) atoms. The average Bonchev–Trinajstić information content (AvgIpc) is 2.48. The molecule has 0 aromatic heterocycles. The summed E-state index contributed by atoms with van der Waals surface area (Å²) in [7, 11) is 0. The van der Waals surface area contributed by atoms with Gasteiger partial charge in [0.25, 0.3) is 5.91 Å². The SMILES string of the molecule is N#C/C(=C/c1cccc(O)c1)C(=O)Nc1ccc(Cl)c(Cl)c1. The molecule has 2 aromatic rings. The molecule has 6 heteroatoms. The van der Waals surface area contributed by atoms with Crippen LogP contribution in [0.15, 0.2) is 48.0 Å². The molecule has 0 atom stereocenters. The Balaban J connectivity index is 2.22. The van der Waals surface area contributed by atoms with E-state index in [1.807, 2.05) is 6.07 Å². The Kier molecular flexibility index (Phi) is 5.05. The van der Waals surface area contributed by atoms with Crippen LogP contribution in [0.1, 0.15) is 5.56 Å². The predicted molar refractivity (Wildman–Crippen MR) is 86.8 cm³/mol. The third kappa shape index (κ3) is 4.01. The van der Waals surface area contributed by atoms with Crippen molar-refractivity contribution in [3.05, 3.63) is 63.6 Å². The number of carbonyl (C=O) groups excluding carboxylic acids is 1. The van der Waals surface area contributed by atoms with Crippen LogP contribution in [0.4, 0.5) is 5.69 Å². The molecule has 0 saturated carbocycles. The smallest absolute Gasteiger partial charge is 0.266 e. The van der Waals surface area contributed by atoms with Gasteiger partial charge in [-0.3, -0.25) is 4.79 Å². The van der Waals surface area contributed by atoms with Crippen LogP contribution in [0.25, 0.3) is 6.08 Å². The lowest BCUT2D eigenvalue weighted by molar-refractivity contribution is -0.112. The van der Waals surface area contributed by atoms with Gasteiger partial charge < -0.3 is 10.4 Å². The van der Waals surface area contributed by atoms with E-state index >= 15 is 0 Å². The van der Waals surface area contributed by atoms with Gasteiger partial charge in [-0.05, 0) is 42.0 Å². The van der Waals surface area contributed by atoms with E-state index in [0.29, 0.717) is 21.3 Å². The van der Waals surface area contributed by atoms with Crippen LogP contribution in [-0.2, 0) is 4.79 Å². The number of anilines is 1. The van der Waals surface area contributed by atoms with E-state index in [-0.39, 0.29) is 11.3 Å². The third-order valence-corrected chi connectivity index (χ3v) is 3.46. The Morgan fingerprint density at radius 2 is 1.95 bits per heavy atom. The van der Waals surface area contributed by atoms with Crippen molar-refractivity contribution < 1.29 is 9.90 Å². The topological polar surface area (TPSA) is 73.1 Å². The number of nitrogens with zero attached hydrogens (tertiary/aromatic N) is 1. The summed E-state index contributed by atoms with van der Waals surface area (Å²) in [6.45, 7) is 0. The number of amides is 1. The van der Waals surface area contributed by atoms with E-state index in [1.54, 1.807) is 24.3 Å². The minimum Gasteiger partial charge on any atom is -0.508 e. The lowest BCUT2D eigenvalue weighted by Gasteiger charge is -2.05. The molecule has 0 radical (unpaired) electrons. The Morgan fingerprint density at radius 3 is 2.59 bits per heavy atom. The highest BCUT2D eigenvalue weighted by atomic mass is 35.5. The van der Waals surface area contributed by atoms with Crippen LogP contribution in [-0.4, -0.2) is 11.0 Å². The number of hydrogen-bond donors (Lipinski definition) is 2. The molecule has 0 aliphatic heterocycles. The first-order valence-electron chi connectivity index (χ1n) is 6.17. The minimum atomic E-state index is -0.579. The van der Waals surface area contributed by atoms with E-state index in [2.05, 4.69) is 5.32 Å². The molecule has 2 rings (SSSR count). The van der Waals surface area contributed by atoms with Gasteiger partial charge >= 0.3 is 0 Å². The molecule has 110 valence electrons. The van der Waals surface area contributed by atoms with E-state index < -0.39 is 5.91 Å². The van der Waals surface area contributed by atoms with Crippen LogP contribution >= 0.6 is 23.2 Å². The lowest BCUT2D eigenvalue weighted by atomic mass is 10.1. The van der Waals surface area contributed by atoms with Crippen molar-refractivity contribution in [1.82, 2.24) is 0 Å². The van der Waals surface area contributed by atoms with Crippen LogP contribution in [0.3, 0.4) is 0 Å². The Hall–Kier alpha value is -2.48. The van der Waals surface area contributed by atoms with E-state index in [9.17, 15) is 9.90 Å². The lowest BCUT2D eigenvalue weighted by Crippen LogP contribution is -2.13. The summed E-state index contributed by atoms with van der Waals surface area (Å²) in [5, 5.41) is 21.7. The fourth-order valence-corrected chi connectivity index (χ4v) is 2.00. The van der Waals surface area contributed by atoms with Crippen LogP contribution in [0, 0.1) is 11.3 Å². The zero-order valence-corrected chi connectivity index (χ0v) is 12.7. The van der Waals surface area contributed by atoms with Gasteiger partial charge in [-0.1, -0.05) is 35.3 Å². The summed E-state index contributed by atoms with van der Waals surface area (Å²) < 4.78 is 0. The molecule has 0 fully saturated rings. The molecule has 0 saturated heterocycles. The molecule has 0 aliphatic carbocycles. The molecule has 0 unspecified atom stereocenters. The molecule has 2 aromatic carbocycles. The monoisotopic (exact) mass is 332 g/mol. The first-order chi connectivity index (χ1) is 10.5. The predicted octanol–water partition coefficient (Wildman–Crippen LogP) is 4.24. The first kappa shape index (κ1) is 15.9. The van der Waals surface area contributed by atoms with E-state index in [4.69, 9.17) is 28.5 Å². The highest BCUT2D eigenvalue weighted by molar-refractivity contribution is 6.42. The average molecular weight is 333 g/mol. The van der Waals surface area contributed by atoms with Crippen molar-refractivity contribution in [2.24, 2.45) is 0 Å². The fourth-order valence-electron chi connectivity index (χ4n) is 1.70. The maximum absolute atomic E-state index is 12.1. The normalized spacial score (nSPS) is 10.9. The van der Waals surface area contributed by atoms with Gasteiger partial charge in [-0.15, -0.1) is 0 Å². The number of carbonyl (C=O) groups is 1. The Bertz CT molecular complexity index is 795.